The quantitative estimate of drug-likeness (QED) is 0.440. The van der Waals surface area contributed by atoms with Gasteiger partial charge in [-0.05, 0) is 31.4 Å². The van der Waals surface area contributed by atoms with Crippen LogP contribution in [-0.2, 0) is 14.8 Å². The molecule has 0 bridgehead atoms. The number of hydrogen-bond acceptors (Lipinski definition) is 3. The molecule has 0 heterocycles. The molecule has 4 nitrogen and oxygen atoms in total. The van der Waals surface area contributed by atoms with E-state index < -0.39 is 21.7 Å². The Morgan fingerprint density at radius 1 is 1.07 bits per heavy atom. The number of ether oxygens (including phenoxy) is 1. The van der Waals surface area contributed by atoms with Crippen LogP contribution >= 0.6 is 0 Å². The minimum atomic E-state index is -3.79. The molecule has 1 aromatic rings. The summed E-state index contributed by atoms with van der Waals surface area (Å²) in [7, 11) is -3.79. The van der Waals surface area contributed by atoms with E-state index in [1.54, 1.807) is 48.6 Å². The summed E-state index contributed by atoms with van der Waals surface area (Å²) < 4.78 is 34.6. The molecule has 0 aliphatic heterocycles. The number of hydrogen-bond donors (Lipinski definition) is 0. The Bertz CT molecular complexity index is 771. The molecule has 28 heavy (non-hydrogen) atoms. The molecule has 0 fully saturated rings. The fraction of sp³-hybridized carbons (Fsp3) is 0.391. The molecule has 0 saturated carbocycles. The molecular weight excluding hydrogens is 370 g/mol. The van der Waals surface area contributed by atoms with Crippen LogP contribution in [0.15, 0.2) is 79.8 Å². The van der Waals surface area contributed by atoms with Gasteiger partial charge in [0, 0.05) is 6.54 Å². The van der Waals surface area contributed by atoms with E-state index in [2.05, 4.69) is 26.3 Å². The van der Waals surface area contributed by atoms with Crippen LogP contribution in [0.25, 0.3) is 0 Å². The van der Waals surface area contributed by atoms with Gasteiger partial charge in [-0.3, -0.25) is 0 Å². The molecule has 1 aromatic carbocycles. The number of rotatable bonds is 13. The predicted molar refractivity (Wildman–Crippen MR) is 118 cm³/mol. The van der Waals surface area contributed by atoms with Crippen molar-refractivity contribution in [2.24, 2.45) is 5.92 Å². The lowest BCUT2D eigenvalue weighted by molar-refractivity contribution is -0.00923. The molecule has 0 radical (unpaired) electrons. The smallest absolute Gasteiger partial charge is 0.243 e. The standard InChI is InChI=1S/C23H33NO3S/c1-8-16-24(28(25,26)21-14-12-20(7)13-15-21)22(18-19(5)6)23(10-3,11-4)27-17-9-2/h8-15,19,22H,1-4,16-18H2,5-7H3/t22-/m0/s1. The normalized spacial score (nSPS) is 13.3. The Balaban J connectivity index is 3.60. The first kappa shape index (κ1) is 24.1. The number of nitrogens with zero attached hydrogens (tertiary/aromatic N) is 1. The zero-order chi connectivity index (χ0) is 21.4. The summed E-state index contributed by atoms with van der Waals surface area (Å²) in [5, 5.41) is 0. The van der Waals surface area contributed by atoms with E-state index in [1.807, 2.05) is 20.8 Å². The van der Waals surface area contributed by atoms with Crippen LogP contribution in [0.4, 0.5) is 0 Å². The Labute approximate surface area is 171 Å². The summed E-state index contributed by atoms with van der Waals surface area (Å²) in [6, 6.07) is 6.30. The lowest BCUT2D eigenvalue weighted by Crippen LogP contribution is -2.54. The van der Waals surface area contributed by atoms with Crippen molar-refractivity contribution in [2.75, 3.05) is 13.2 Å². The second-order valence-electron chi connectivity index (χ2n) is 7.18. The lowest BCUT2D eigenvalue weighted by Gasteiger charge is -2.42. The van der Waals surface area contributed by atoms with Gasteiger partial charge in [0.05, 0.1) is 17.5 Å². The fourth-order valence-electron chi connectivity index (χ4n) is 3.11. The molecule has 154 valence electrons. The third-order valence-corrected chi connectivity index (χ3v) is 6.48. The van der Waals surface area contributed by atoms with E-state index in [-0.39, 0.29) is 24.0 Å². The molecule has 1 atom stereocenters. The Morgan fingerprint density at radius 2 is 1.64 bits per heavy atom. The van der Waals surface area contributed by atoms with Gasteiger partial charge in [-0.15, -0.1) is 13.2 Å². The molecule has 0 unspecified atom stereocenters. The highest BCUT2D eigenvalue weighted by Crippen LogP contribution is 2.33. The summed E-state index contributed by atoms with van der Waals surface area (Å²) in [4.78, 5) is 0.236. The highest BCUT2D eigenvalue weighted by atomic mass is 32.2. The van der Waals surface area contributed by atoms with Crippen molar-refractivity contribution in [1.82, 2.24) is 4.31 Å². The third-order valence-electron chi connectivity index (χ3n) is 4.59. The van der Waals surface area contributed by atoms with Gasteiger partial charge in [-0.2, -0.15) is 4.31 Å². The summed E-state index contributed by atoms with van der Waals surface area (Å²) in [5.74, 6) is 0.220. The number of aryl methyl sites for hydroxylation is 1. The fourth-order valence-corrected chi connectivity index (χ4v) is 4.75. The molecule has 0 aromatic heterocycles. The largest absolute Gasteiger partial charge is 0.361 e. The Hall–Kier alpha value is -1.95. The number of sulfonamides is 1. The Morgan fingerprint density at radius 3 is 2.07 bits per heavy atom. The van der Waals surface area contributed by atoms with Gasteiger partial charge in [0.1, 0.15) is 5.60 Å². The van der Waals surface area contributed by atoms with E-state index in [4.69, 9.17) is 4.74 Å². The zero-order valence-corrected chi connectivity index (χ0v) is 18.1. The van der Waals surface area contributed by atoms with Gasteiger partial charge < -0.3 is 4.74 Å². The lowest BCUT2D eigenvalue weighted by atomic mass is 9.87. The summed E-state index contributed by atoms with van der Waals surface area (Å²) in [6.45, 7) is 21.7. The van der Waals surface area contributed by atoms with Crippen LogP contribution in [0.1, 0.15) is 25.8 Å². The molecule has 0 spiro atoms. The summed E-state index contributed by atoms with van der Waals surface area (Å²) in [5.41, 5.74) is -0.0621. The van der Waals surface area contributed by atoms with Gasteiger partial charge in [0.25, 0.3) is 0 Å². The van der Waals surface area contributed by atoms with Crippen molar-refractivity contribution >= 4 is 10.0 Å². The van der Waals surface area contributed by atoms with E-state index in [0.29, 0.717) is 6.42 Å². The van der Waals surface area contributed by atoms with E-state index in [0.717, 1.165) is 5.56 Å². The monoisotopic (exact) mass is 403 g/mol. The SMILES string of the molecule is C=CCOC(C=C)(C=C)[C@H](CC(C)C)N(CC=C)S(=O)(=O)c1ccc(C)cc1. The van der Waals surface area contributed by atoms with Gasteiger partial charge >= 0.3 is 0 Å². The van der Waals surface area contributed by atoms with Crippen molar-refractivity contribution < 1.29 is 13.2 Å². The minimum Gasteiger partial charge on any atom is -0.361 e. The second-order valence-corrected chi connectivity index (χ2v) is 9.07. The summed E-state index contributed by atoms with van der Waals surface area (Å²) >= 11 is 0. The van der Waals surface area contributed by atoms with Gasteiger partial charge in [-0.25, -0.2) is 8.42 Å². The molecule has 0 aliphatic rings. The molecule has 5 heteroatoms. The van der Waals surface area contributed by atoms with Crippen LogP contribution in [0, 0.1) is 12.8 Å². The van der Waals surface area contributed by atoms with Crippen molar-refractivity contribution in [3.63, 3.8) is 0 Å². The van der Waals surface area contributed by atoms with Crippen LogP contribution in [0.5, 0.6) is 0 Å². The first-order chi connectivity index (χ1) is 13.2. The molecule has 0 aliphatic carbocycles. The van der Waals surface area contributed by atoms with E-state index >= 15 is 0 Å². The van der Waals surface area contributed by atoms with Gasteiger partial charge in [0.2, 0.25) is 10.0 Å². The first-order valence-corrected chi connectivity index (χ1v) is 10.8. The van der Waals surface area contributed by atoms with Gasteiger partial charge in [0.15, 0.2) is 0 Å². The van der Waals surface area contributed by atoms with Crippen molar-refractivity contribution in [3.05, 3.63) is 80.4 Å². The first-order valence-electron chi connectivity index (χ1n) is 9.40. The molecule has 0 N–H and O–H groups in total. The van der Waals surface area contributed by atoms with Crippen LogP contribution in [-0.4, -0.2) is 37.5 Å². The van der Waals surface area contributed by atoms with Crippen LogP contribution in [0.3, 0.4) is 0 Å². The average Bonchev–Trinajstić information content (AvgIpc) is 2.66. The third kappa shape index (κ3) is 5.53. The molecule has 0 saturated heterocycles. The molecule has 1 rings (SSSR count). The highest BCUT2D eigenvalue weighted by Gasteiger charge is 2.43. The molecular formula is C23H33NO3S. The molecule has 0 amide bonds. The Kier molecular flexibility index (Phi) is 9.08. The highest BCUT2D eigenvalue weighted by molar-refractivity contribution is 7.89. The minimum absolute atomic E-state index is 0.147. The van der Waals surface area contributed by atoms with Crippen LogP contribution < -0.4 is 0 Å². The van der Waals surface area contributed by atoms with Crippen molar-refractivity contribution in [1.29, 1.82) is 0 Å². The van der Waals surface area contributed by atoms with Crippen LogP contribution in [0.2, 0.25) is 0 Å². The second kappa shape index (κ2) is 10.6. The number of benzene rings is 1. The van der Waals surface area contributed by atoms with Crippen molar-refractivity contribution in [2.45, 2.75) is 43.7 Å². The topological polar surface area (TPSA) is 46.6 Å². The van der Waals surface area contributed by atoms with Crippen molar-refractivity contribution in [3.8, 4) is 0 Å². The average molecular weight is 404 g/mol. The maximum absolute atomic E-state index is 13.5. The zero-order valence-electron chi connectivity index (χ0n) is 17.3. The predicted octanol–water partition coefficient (Wildman–Crippen LogP) is 4.90. The van der Waals surface area contributed by atoms with E-state index in [9.17, 15) is 8.42 Å². The maximum Gasteiger partial charge on any atom is 0.243 e. The summed E-state index contributed by atoms with van der Waals surface area (Å²) in [6.07, 6.45) is 7.02. The maximum atomic E-state index is 13.5. The van der Waals surface area contributed by atoms with E-state index in [1.165, 1.54) is 4.31 Å². The van der Waals surface area contributed by atoms with Gasteiger partial charge in [-0.1, -0.05) is 69.0 Å².